The van der Waals surface area contributed by atoms with Crippen molar-refractivity contribution >= 4 is 0 Å². The Labute approximate surface area is 104 Å². The molecule has 0 aliphatic heterocycles. The van der Waals surface area contributed by atoms with Gasteiger partial charge < -0.3 is 5.73 Å². The van der Waals surface area contributed by atoms with Crippen LogP contribution in [0.15, 0.2) is 24.3 Å². The second-order valence-electron chi connectivity index (χ2n) is 4.79. The highest BCUT2D eigenvalue weighted by atomic mass is 15.1. The van der Waals surface area contributed by atoms with Gasteiger partial charge in [-0.2, -0.15) is 0 Å². The Morgan fingerprint density at radius 3 is 2.59 bits per heavy atom. The highest BCUT2D eigenvalue weighted by Gasteiger charge is 2.24. The third kappa shape index (κ3) is 3.59. The molecule has 0 bridgehead atoms. The molecule has 90 valence electrons. The van der Waals surface area contributed by atoms with Gasteiger partial charge in [0.1, 0.15) is 0 Å². The number of nitrogens with two attached hydrogens (primary N) is 1. The number of hydrogen-bond acceptors (Lipinski definition) is 2. The number of benzene rings is 1. The molecule has 0 heterocycles. The van der Waals surface area contributed by atoms with Crippen LogP contribution >= 0.6 is 0 Å². The van der Waals surface area contributed by atoms with Crippen molar-refractivity contribution in [1.29, 1.82) is 0 Å². The second-order valence-corrected chi connectivity index (χ2v) is 4.79. The van der Waals surface area contributed by atoms with Gasteiger partial charge in [0.05, 0.1) is 6.54 Å². The molecule has 17 heavy (non-hydrogen) atoms. The van der Waals surface area contributed by atoms with E-state index in [1.54, 1.807) is 0 Å². The first-order chi connectivity index (χ1) is 8.33. The van der Waals surface area contributed by atoms with E-state index >= 15 is 0 Å². The van der Waals surface area contributed by atoms with Crippen LogP contribution < -0.4 is 5.73 Å². The van der Waals surface area contributed by atoms with Crippen molar-refractivity contribution in [3.63, 3.8) is 0 Å². The molecule has 0 saturated heterocycles. The zero-order valence-electron chi connectivity index (χ0n) is 10.2. The first-order valence-electron chi connectivity index (χ1n) is 6.26. The quantitative estimate of drug-likeness (QED) is 0.754. The van der Waals surface area contributed by atoms with Gasteiger partial charge >= 0.3 is 0 Å². The molecular formula is C15H20N2. The van der Waals surface area contributed by atoms with Crippen LogP contribution in [-0.2, 0) is 13.1 Å². The molecule has 2 N–H and O–H groups in total. The van der Waals surface area contributed by atoms with E-state index in [4.69, 9.17) is 12.2 Å². The third-order valence-electron chi connectivity index (χ3n) is 3.26. The highest BCUT2D eigenvalue weighted by Crippen LogP contribution is 2.30. The third-order valence-corrected chi connectivity index (χ3v) is 3.26. The summed E-state index contributed by atoms with van der Waals surface area (Å²) in [6.45, 7) is 3.39. The van der Waals surface area contributed by atoms with Crippen LogP contribution in [0.1, 0.15) is 24.0 Å². The lowest BCUT2D eigenvalue weighted by Gasteiger charge is -2.21. The van der Waals surface area contributed by atoms with Crippen molar-refractivity contribution in [2.75, 3.05) is 13.1 Å². The molecule has 0 spiro atoms. The minimum absolute atomic E-state index is 0.601. The molecule has 2 rings (SSSR count). The number of nitrogens with zero attached hydrogens (tertiary/aromatic N) is 1. The topological polar surface area (TPSA) is 29.3 Å². The lowest BCUT2D eigenvalue weighted by molar-refractivity contribution is 0.285. The summed E-state index contributed by atoms with van der Waals surface area (Å²) in [4.78, 5) is 2.35. The average Bonchev–Trinajstić information content (AvgIpc) is 3.14. The summed E-state index contributed by atoms with van der Waals surface area (Å²) in [5.41, 5.74) is 8.29. The van der Waals surface area contributed by atoms with Crippen LogP contribution in [0.3, 0.4) is 0 Å². The van der Waals surface area contributed by atoms with Gasteiger partial charge in [-0.3, -0.25) is 4.90 Å². The monoisotopic (exact) mass is 228 g/mol. The summed E-state index contributed by atoms with van der Waals surface area (Å²) in [5, 5.41) is 0. The van der Waals surface area contributed by atoms with Gasteiger partial charge in [-0.15, -0.1) is 6.42 Å². The van der Waals surface area contributed by atoms with Crippen molar-refractivity contribution in [2.24, 2.45) is 11.7 Å². The molecule has 0 unspecified atom stereocenters. The van der Waals surface area contributed by atoms with E-state index in [9.17, 15) is 0 Å². The predicted molar refractivity (Wildman–Crippen MR) is 71.2 cm³/mol. The zero-order valence-corrected chi connectivity index (χ0v) is 10.2. The van der Waals surface area contributed by atoms with Crippen molar-refractivity contribution in [3.8, 4) is 12.3 Å². The molecule has 1 aromatic rings. The summed E-state index contributed by atoms with van der Waals surface area (Å²) in [6, 6.07) is 8.36. The standard InChI is InChI=1S/C15H20N2/c1-2-9-17(11-13-7-8-13)12-15-6-4-3-5-14(15)10-16/h1,3-6,13H,7-12,16H2. The number of terminal acetylenes is 1. The first kappa shape index (κ1) is 12.2. The number of rotatable bonds is 6. The van der Waals surface area contributed by atoms with Gasteiger partial charge in [-0.1, -0.05) is 30.2 Å². The maximum absolute atomic E-state index is 5.76. The van der Waals surface area contributed by atoms with E-state index in [0.29, 0.717) is 6.54 Å². The summed E-state index contributed by atoms with van der Waals surface area (Å²) in [7, 11) is 0. The molecule has 0 radical (unpaired) electrons. The van der Waals surface area contributed by atoms with Crippen LogP contribution in [0, 0.1) is 18.3 Å². The van der Waals surface area contributed by atoms with Crippen molar-refractivity contribution in [3.05, 3.63) is 35.4 Å². The van der Waals surface area contributed by atoms with E-state index in [2.05, 4.69) is 29.0 Å². The summed E-state index contributed by atoms with van der Waals surface area (Å²) in [6.07, 6.45) is 8.15. The summed E-state index contributed by atoms with van der Waals surface area (Å²) in [5.74, 6) is 3.62. The van der Waals surface area contributed by atoms with Crippen LogP contribution in [0.5, 0.6) is 0 Å². The summed E-state index contributed by atoms with van der Waals surface area (Å²) >= 11 is 0. The molecule has 2 nitrogen and oxygen atoms in total. The van der Waals surface area contributed by atoms with E-state index in [0.717, 1.165) is 25.6 Å². The van der Waals surface area contributed by atoms with E-state index in [1.165, 1.54) is 24.0 Å². The molecule has 1 aromatic carbocycles. The maximum atomic E-state index is 5.76. The fourth-order valence-corrected chi connectivity index (χ4v) is 2.13. The molecule has 0 amide bonds. The average molecular weight is 228 g/mol. The smallest absolute Gasteiger partial charge is 0.0601 e. The zero-order chi connectivity index (χ0) is 12.1. The molecule has 1 saturated carbocycles. The molecule has 0 atom stereocenters. The Morgan fingerprint density at radius 1 is 1.29 bits per heavy atom. The molecule has 1 fully saturated rings. The molecule has 2 heteroatoms. The van der Waals surface area contributed by atoms with E-state index in [1.807, 2.05) is 6.07 Å². The molecule has 1 aliphatic rings. The Hall–Kier alpha value is -1.30. The number of hydrogen-bond donors (Lipinski definition) is 1. The van der Waals surface area contributed by atoms with E-state index < -0.39 is 0 Å². The van der Waals surface area contributed by atoms with Crippen LogP contribution in [0.2, 0.25) is 0 Å². The Kier molecular flexibility index (Phi) is 4.19. The Balaban J connectivity index is 2.02. The lowest BCUT2D eigenvalue weighted by Crippen LogP contribution is -2.26. The van der Waals surface area contributed by atoms with Gasteiger partial charge in [0.2, 0.25) is 0 Å². The Morgan fingerprint density at radius 2 is 2.00 bits per heavy atom. The predicted octanol–water partition coefficient (Wildman–Crippen LogP) is 1.99. The first-order valence-corrected chi connectivity index (χ1v) is 6.26. The van der Waals surface area contributed by atoms with Gasteiger partial charge in [-0.25, -0.2) is 0 Å². The van der Waals surface area contributed by atoms with Crippen LogP contribution in [0.25, 0.3) is 0 Å². The lowest BCUT2D eigenvalue weighted by atomic mass is 10.1. The normalized spacial score (nSPS) is 14.9. The minimum atomic E-state index is 0.601. The molecular weight excluding hydrogens is 208 g/mol. The van der Waals surface area contributed by atoms with Gasteiger partial charge in [0, 0.05) is 19.6 Å². The summed E-state index contributed by atoms with van der Waals surface area (Å²) < 4.78 is 0. The fraction of sp³-hybridized carbons (Fsp3) is 0.467. The largest absolute Gasteiger partial charge is 0.326 e. The SMILES string of the molecule is C#CCN(Cc1ccccc1CN)CC1CC1. The van der Waals surface area contributed by atoms with Crippen molar-refractivity contribution in [2.45, 2.75) is 25.9 Å². The Bertz CT molecular complexity index is 402. The van der Waals surface area contributed by atoms with Gasteiger partial charge in [0.15, 0.2) is 0 Å². The van der Waals surface area contributed by atoms with Crippen molar-refractivity contribution < 1.29 is 0 Å². The van der Waals surface area contributed by atoms with Gasteiger partial charge in [-0.05, 0) is 29.9 Å². The van der Waals surface area contributed by atoms with E-state index in [-0.39, 0.29) is 0 Å². The minimum Gasteiger partial charge on any atom is -0.326 e. The maximum Gasteiger partial charge on any atom is 0.0601 e. The molecule has 0 aromatic heterocycles. The molecule has 1 aliphatic carbocycles. The van der Waals surface area contributed by atoms with Crippen molar-refractivity contribution in [1.82, 2.24) is 4.90 Å². The van der Waals surface area contributed by atoms with Gasteiger partial charge in [0.25, 0.3) is 0 Å². The van der Waals surface area contributed by atoms with Crippen LogP contribution in [-0.4, -0.2) is 18.0 Å². The second kappa shape index (κ2) is 5.86. The highest BCUT2D eigenvalue weighted by molar-refractivity contribution is 5.26. The van der Waals surface area contributed by atoms with Crippen LogP contribution in [0.4, 0.5) is 0 Å². The fourth-order valence-electron chi connectivity index (χ4n) is 2.13.